The molecule has 0 saturated carbocycles. The molecule has 22 heavy (non-hydrogen) atoms. The van der Waals surface area contributed by atoms with Crippen LogP contribution in [-0.4, -0.2) is 50.6 Å². The molecule has 1 aromatic rings. The van der Waals surface area contributed by atoms with Crippen LogP contribution in [0.3, 0.4) is 0 Å². The Balaban J connectivity index is 1.85. The van der Waals surface area contributed by atoms with Crippen LogP contribution in [0.4, 0.5) is 0 Å². The number of carbonyl (C=O) groups excluding carboxylic acids is 2. The summed E-state index contributed by atoms with van der Waals surface area (Å²) in [4.78, 5) is 25.6. The van der Waals surface area contributed by atoms with Gasteiger partial charge in [-0.25, -0.2) is 0 Å². The van der Waals surface area contributed by atoms with E-state index in [0.29, 0.717) is 11.5 Å². The van der Waals surface area contributed by atoms with E-state index in [2.05, 4.69) is 5.32 Å². The van der Waals surface area contributed by atoms with Crippen molar-refractivity contribution in [1.29, 1.82) is 0 Å². The van der Waals surface area contributed by atoms with Crippen molar-refractivity contribution >= 4 is 11.8 Å². The van der Waals surface area contributed by atoms with Crippen LogP contribution in [0.1, 0.15) is 18.4 Å². The normalized spacial score (nSPS) is 13.8. The molecule has 1 aliphatic rings. The van der Waals surface area contributed by atoms with Crippen LogP contribution < -0.4 is 14.8 Å². The first kappa shape index (κ1) is 16.1. The van der Waals surface area contributed by atoms with Crippen LogP contribution in [0.5, 0.6) is 11.5 Å². The van der Waals surface area contributed by atoms with Gasteiger partial charge in [0.2, 0.25) is 11.8 Å². The molecule has 120 valence electrons. The topological polar surface area (TPSA) is 67.9 Å². The molecule has 0 bridgehead atoms. The number of methoxy groups -OCH3 is 2. The summed E-state index contributed by atoms with van der Waals surface area (Å²) in [6.07, 6.45) is 2.30. The van der Waals surface area contributed by atoms with Crippen LogP contribution in [0.25, 0.3) is 0 Å². The van der Waals surface area contributed by atoms with Crippen LogP contribution in [0.2, 0.25) is 0 Å². The SMILES string of the molecule is COc1ccc(CC(=O)NCC(=O)N2CCCC2)cc1OC. The predicted molar refractivity (Wildman–Crippen MR) is 82.1 cm³/mol. The van der Waals surface area contributed by atoms with Crippen molar-refractivity contribution in [3.8, 4) is 11.5 Å². The molecule has 1 aromatic carbocycles. The van der Waals surface area contributed by atoms with Crippen molar-refractivity contribution < 1.29 is 19.1 Å². The highest BCUT2D eigenvalue weighted by atomic mass is 16.5. The minimum Gasteiger partial charge on any atom is -0.493 e. The molecular weight excluding hydrogens is 284 g/mol. The molecule has 0 aromatic heterocycles. The highest BCUT2D eigenvalue weighted by molar-refractivity contribution is 5.85. The molecule has 0 unspecified atom stereocenters. The average Bonchev–Trinajstić information content (AvgIpc) is 3.07. The van der Waals surface area contributed by atoms with Crippen molar-refractivity contribution in [1.82, 2.24) is 10.2 Å². The number of likely N-dealkylation sites (tertiary alicyclic amines) is 1. The lowest BCUT2D eigenvalue weighted by Crippen LogP contribution is -2.39. The largest absolute Gasteiger partial charge is 0.493 e. The van der Waals surface area contributed by atoms with Gasteiger partial charge < -0.3 is 19.7 Å². The molecule has 2 rings (SSSR count). The van der Waals surface area contributed by atoms with E-state index in [-0.39, 0.29) is 24.8 Å². The van der Waals surface area contributed by atoms with E-state index in [1.54, 1.807) is 31.3 Å². The lowest BCUT2D eigenvalue weighted by molar-refractivity contribution is -0.131. The molecular formula is C16H22N2O4. The summed E-state index contributed by atoms with van der Waals surface area (Å²) >= 11 is 0. The quantitative estimate of drug-likeness (QED) is 0.851. The van der Waals surface area contributed by atoms with Crippen LogP contribution in [0.15, 0.2) is 18.2 Å². The Hall–Kier alpha value is -2.24. The number of carbonyl (C=O) groups is 2. The summed E-state index contributed by atoms with van der Waals surface area (Å²) < 4.78 is 10.4. The Labute approximate surface area is 130 Å². The van der Waals surface area contributed by atoms with Crippen molar-refractivity contribution in [3.05, 3.63) is 23.8 Å². The van der Waals surface area contributed by atoms with Gasteiger partial charge in [-0.3, -0.25) is 9.59 Å². The summed E-state index contributed by atoms with van der Waals surface area (Å²) in [5, 5.41) is 2.67. The number of benzene rings is 1. The Kier molecular flexibility index (Phi) is 5.63. The first-order valence-electron chi connectivity index (χ1n) is 7.39. The van der Waals surface area contributed by atoms with E-state index >= 15 is 0 Å². The van der Waals surface area contributed by atoms with Crippen molar-refractivity contribution in [2.45, 2.75) is 19.3 Å². The Bertz CT molecular complexity index is 539. The Morgan fingerprint density at radius 2 is 1.82 bits per heavy atom. The van der Waals surface area contributed by atoms with Crippen LogP contribution in [-0.2, 0) is 16.0 Å². The third-order valence-corrected chi connectivity index (χ3v) is 3.71. The van der Waals surface area contributed by atoms with Gasteiger partial charge in [0.25, 0.3) is 0 Å². The van der Waals surface area contributed by atoms with Gasteiger partial charge in [0.1, 0.15) is 0 Å². The highest BCUT2D eigenvalue weighted by Gasteiger charge is 2.18. The second-order valence-corrected chi connectivity index (χ2v) is 5.23. The summed E-state index contributed by atoms with van der Waals surface area (Å²) in [6.45, 7) is 1.65. The summed E-state index contributed by atoms with van der Waals surface area (Å²) in [5.41, 5.74) is 0.809. The fraction of sp³-hybridized carbons (Fsp3) is 0.500. The first-order valence-corrected chi connectivity index (χ1v) is 7.39. The minimum atomic E-state index is -0.181. The zero-order valence-corrected chi connectivity index (χ0v) is 13.1. The number of nitrogens with zero attached hydrogens (tertiary/aromatic N) is 1. The maximum absolute atomic E-state index is 11.9. The first-order chi connectivity index (χ1) is 10.6. The standard InChI is InChI=1S/C16H22N2O4/c1-21-13-6-5-12(9-14(13)22-2)10-15(19)17-11-16(20)18-7-3-4-8-18/h5-6,9H,3-4,7-8,10-11H2,1-2H3,(H,17,19). The van der Waals surface area contributed by atoms with Crippen LogP contribution in [0, 0.1) is 0 Å². The van der Waals surface area contributed by atoms with Gasteiger partial charge in [0, 0.05) is 13.1 Å². The highest BCUT2D eigenvalue weighted by Crippen LogP contribution is 2.27. The van der Waals surface area contributed by atoms with Gasteiger partial charge in [-0.15, -0.1) is 0 Å². The number of ether oxygens (including phenoxy) is 2. The molecule has 1 N–H and O–H groups in total. The molecule has 6 heteroatoms. The summed E-state index contributed by atoms with van der Waals surface area (Å²) in [6, 6.07) is 5.33. The van der Waals surface area contributed by atoms with Crippen molar-refractivity contribution in [2.75, 3.05) is 33.9 Å². The van der Waals surface area contributed by atoms with E-state index in [9.17, 15) is 9.59 Å². The average molecular weight is 306 g/mol. The number of rotatable bonds is 6. The van der Waals surface area contributed by atoms with E-state index < -0.39 is 0 Å². The molecule has 1 fully saturated rings. The zero-order valence-electron chi connectivity index (χ0n) is 13.1. The second-order valence-electron chi connectivity index (χ2n) is 5.23. The molecule has 0 aliphatic carbocycles. The molecule has 1 saturated heterocycles. The lowest BCUT2D eigenvalue weighted by atomic mass is 10.1. The number of hydrogen-bond acceptors (Lipinski definition) is 4. The number of hydrogen-bond donors (Lipinski definition) is 1. The minimum absolute atomic E-state index is 0.0156. The van der Waals surface area contributed by atoms with Crippen LogP contribution >= 0.6 is 0 Å². The zero-order chi connectivity index (χ0) is 15.9. The van der Waals surface area contributed by atoms with Gasteiger partial charge in [-0.2, -0.15) is 0 Å². The maximum atomic E-state index is 11.9. The predicted octanol–water partition coefficient (Wildman–Crippen LogP) is 0.985. The smallest absolute Gasteiger partial charge is 0.241 e. The number of amides is 2. The van der Waals surface area contributed by atoms with E-state index in [0.717, 1.165) is 31.5 Å². The van der Waals surface area contributed by atoms with Gasteiger partial charge in [0.15, 0.2) is 11.5 Å². The molecule has 1 heterocycles. The van der Waals surface area contributed by atoms with Gasteiger partial charge in [-0.05, 0) is 30.5 Å². The van der Waals surface area contributed by atoms with Crippen molar-refractivity contribution in [2.24, 2.45) is 0 Å². The third-order valence-electron chi connectivity index (χ3n) is 3.71. The van der Waals surface area contributed by atoms with Crippen molar-refractivity contribution in [3.63, 3.8) is 0 Å². The summed E-state index contributed by atoms with van der Waals surface area (Å²) in [5.74, 6) is 1.01. The fourth-order valence-corrected chi connectivity index (χ4v) is 2.49. The molecule has 0 spiro atoms. The van der Waals surface area contributed by atoms with Gasteiger partial charge in [0.05, 0.1) is 27.2 Å². The third kappa shape index (κ3) is 4.13. The van der Waals surface area contributed by atoms with E-state index in [4.69, 9.17) is 9.47 Å². The lowest BCUT2D eigenvalue weighted by Gasteiger charge is -2.15. The molecule has 1 aliphatic heterocycles. The van der Waals surface area contributed by atoms with Gasteiger partial charge >= 0.3 is 0 Å². The fourth-order valence-electron chi connectivity index (χ4n) is 2.49. The maximum Gasteiger partial charge on any atom is 0.241 e. The molecule has 6 nitrogen and oxygen atoms in total. The Morgan fingerprint density at radius 1 is 1.14 bits per heavy atom. The monoisotopic (exact) mass is 306 g/mol. The summed E-state index contributed by atoms with van der Waals surface area (Å²) in [7, 11) is 3.12. The molecule has 2 amide bonds. The van der Waals surface area contributed by atoms with E-state index in [1.807, 2.05) is 6.07 Å². The molecule has 0 radical (unpaired) electrons. The Morgan fingerprint density at radius 3 is 2.45 bits per heavy atom. The second kappa shape index (κ2) is 7.68. The number of nitrogens with one attached hydrogen (secondary N) is 1. The van der Waals surface area contributed by atoms with E-state index in [1.165, 1.54) is 0 Å². The van der Waals surface area contributed by atoms with Gasteiger partial charge in [-0.1, -0.05) is 6.07 Å². The molecule has 0 atom stereocenters.